The van der Waals surface area contributed by atoms with E-state index in [0.29, 0.717) is 29.4 Å². The molecule has 37 heavy (non-hydrogen) atoms. The minimum atomic E-state index is -0.260. The molecule has 0 saturated heterocycles. The highest BCUT2D eigenvalue weighted by Gasteiger charge is 2.33. The number of fused-ring (bicyclic) bond motifs is 4. The number of hydrogen-bond donors (Lipinski definition) is 1. The maximum atomic E-state index is 9.21. The molecule has 1 aliphatic rings. The molecule has 8 heteroatoms. The third-order valence-corrected chi connectivity index (χ3v) is 6.91. The van der Waals surface area contributed by atoms with Gasteiger partial charge >= 0.3 is 0 Å². The van der Waals surface area contributed by atoms with Crippen LogP contribution in [0.15, 0.2) is 79.6 Å². The first-order valence-electron chi connectivity index (χ1n) is 12.2. The summed E-state index contributed by atoms with van der Waals surface area (Å²) < 4.78 is 21.5. The van der Waals surface area contributed by atoms with E-state index in [9.17, 15) is 5.41 Å². The van der Waals surface area contributed by atoms with Crippen LogP contribution in [0.25, 0.3) is 10.8 Å². The summed E-state index contributed by atoms with van der Waals surface area (Å²) in [6.45, 7) is 1.47. The molecule has 1 aliphatic heterocycles. The number of rotatable bonds is 7. The summed E-state index contributed by atoms with van der Waals surface area (Å²) in [6, 6.07) is 18.3. The average Bonchev–Trinajstić information content (AvgIpc) is 3.46. The van der Waals surface area contributed by atoms with Crippen molar-refractivity contribution in [2.24, 2.45) is 0 Å². The fraction of sp³-hybridized carbons (Fsp3) is 0.207. The highest BCUT2D eigenvalue weighted by Crippen LogP contribution is 2.48. The number of nitrogens with one attached hydrogen (secondary N) is 1. The van der Waals surface area contributed by atoms with Gasteiger partial charge in [-0.3, -0.25) is 5.41 Å². The molecule has 1 N–H and O–H groups in total. The Hall–Kier alpha value is -4.59. The van der Waals surface area contributed by atoms with E-state index in [2.05, 4.69) is 29.2 Å². The van der Waals surface area contributed by atoms with E-state index >= 15 is 0 Å². The van der Waals surface area contributed by atoms with Gasteiger partial charge in [0, 0.05) is 42.4 Å². The molecule has 5 aromatic rings. The smallest absolute Gasteiger partial charge is 0.228 e. The van der Waals surface area contributed by atoms with Crippen LogP contribution in [0.1, 0.15) is 29.0 Å². The molecular weight excluding hydrogens is 466 g/mol. The Labute approximate surface area is 214 Å². The van der Waals surface area contributed by atoms with Crippen LogP contribution in [-0.2, 0) is 13.1 Å². The molecule has 3 heterocycles. The lowest BCUT2D eigenvalue weighted by Crippen LogP contribution is -2.30. The van der Waals surface area contributed by atoms with Crippen molar-refractivity contribution in [3.8, 4) is 23.1 Å². The summed E-state index contributed by atoms with van der Waals surface area (Å²) in [5.41, 5.74) is 3.09. The van der Waals surface area contributed by atoms with Crippen LogP contribution in [0.4, 0.5) is 0 Å². The van der Waals surface area contributed by atoms with Gasteiger partial charge in [-0.15, -0.1) is 0 Å². The number of aryl methyl sites for hydroxylation is 2. The van der Waals surface area contributed by atoms with Crippen LogP contribution in [0.2, 0.25) is 0 Å². The maximum absolute atomic E-state index is 9.21. The number of aromatic nitrogens is 4. The number of methoxy groups -OCH3 is 2. The van der Waals surface area contributed by atoms with E-state index in [1.54, 1.807) is 33.1 Å². The van der Waals surface area contributed by atoms with Crippen LogP contribution in [-0.4, -0.2) is 33.3 Å². The van der Waals surface area contributed by atoms with Crippen LogP contribution >= 0.6 is 0 Å². The van der Waals surface area contributed by atoms with Crippen LogP contribution in [0.5, 0.6) is 23.1 Å². The zero-order chi connectivity index (χ0) is 25.4. The number of hydrogen-bond acceptors (Lipinski definition) is 6. The van der Waals surface area contributed by atoms with Gasteiger partial charge in [0.2, 0.25) is 5.88 Å². The number of nitrogens with zero attached hydrogens (tertiary/aromatic N) is 4. The summed E-state index contributed by atoms with van der Waals surface area (Å²) in [4.78, 5) is 8.81. The maximum Gasteiger partial charge on any atom is 0.228 e. The van der Waals surface area contributed by atoms with Crippen molar-refractivity contribution in [3.63, 3.8) is 0 Å². The van der Waals surface area contributed by atoms with E-state index in [-0.39, 0.29) is 5.92 Å². The predicted molar refractivity (Wildman–Crippen MR) is 139 cm³/mol. The third-order valence-electron chi connectivity index (χ3n) is 6.91. The van der Waals surface area contributed by atoms with Gasteiger partial charge in [-0.25, -0.2) is 9.97 Å². The Morgan fingerprint density at radius 1 is 0.973 bits per heavy atom. The molecule has 0 spiro atoms. The van der Waals surface area contributed by atoms with E-state index < -0.39 is 0 Å². The SMILES string of the molecule is COc1ccc(C2c3ccc4ccccc4c3Oc3ncn(CCCn4ccnc4)c(=N)c32)cc1OC. The van der Waals surface area contributed by atoms with Crippen LogP contribution in [0.3, 0.4) is 0 Å². The van der Waals surface area contributed by atoms with Gasteiger partial charge in [0.15, 0.2) is 11.5 Å². The van der Waals surface area contributed by atoms with Crippen molar-refractivity contribution >= 4 is 10.8 Å². The molecule has 2 aromatic heterocycles. The van der Waals surface area contributed by atoms with Gasteiger partial charge in [-0.05, 0) is 29.5 Å². The lowest BCUT2D eigenvalue weighted by molar-refractivity contribution is 0.354. The van der Waals surface area contributed by atoms with E-state index in [1.807, 2.05) is 45.7 Å². The fourth-order valence-corrected chi connectivity index (χ4v) is 5.09. The molecular formula is C29H27N5O3. The van der Waals surface area contributed by atoms with Gasteiger partial charge in [-0.2, -0.15) is 0 Å². The standard InChI is InChI=1S/C29H27N5O3/c1-35-23-11-9-20(16-24(23)36-2)25-22-10-8-19-6-3-4-7-21(19)27(22)37-29-26(25)28(30)34(18-32-29)14-5-13-33-15-12-31-17-33/h3-4,6-12,15-18,25,30H,5,13-14H2,1-2H3. The lowest BCUT2D eigenvalue weighted by atomic mass is 9.82. The molecule has 0 amide bonds. The minimum absolute atomic E-state index is 0.260. The number of imidazole rings is 1. The minimum Gasteiger partial charge on any atom is -0.493 e. The first kappa shape index (κ1) is 22.8. The molecule has 3 aromatic carbocycles. The second kappa shape index (κ2) is 9.46. The van der Waals surface area contributed by atoms with Gasteiger partial charge in [-0.1, -0.05) is 42.5 Å². The molecule has 0 fully saturated rings. The number of ether oxygens (including phenoxy) is 3. The molecule has 1 atom stereocenters. The van der Waals surface area contributed by atoms with Gasteiger partial charge in [0.05, 0.1) is 26.1 Å². The third kappa shape index (κ3) is 4.00. The van der Waals surface area contributed by atoms with Crippen LogP contribution < -0.4 is 19.7 Å². The van der Waals surface area contributed by atoms with Gasteiger partial charge < -0.3 is 23.3 Å². The second-order valence-electron chi connectivity index (χ2n) is 9.01. The monoisotopic (exact) mass is 493 g/mol. The quantitative estimate of drug-likeness (QED) is 0.334. The molecule has 0 aliphatic carbocycles. The average molecular weight is 494 g/mol. The lowest BCUT2D eigenvalue weighted by Gasteiger charge is -2.29. The Balaban J connectivity index is 1.49. The van der Waals surface area contributed by atoms with Crippen molar-refractivity contribution < 1.29 is 14.2 Å². The van der Waals surface area contributed by atoms with E-state index in [4.69, 9.17) is 19.2 Å². The van der Waals surface area contributed by atoms with Crippen molar-refractivity contribution in [2.75, 3.05) is 14.2 Å². The summed E-state index contributed by atoms with van der Waals surface area (Å²) in [5.74, 6) is 2.27. The largest absolute Gasteiger partial charge is 0.493 e. The second-order valence-corrected chi connectivity index (χ2v) is 9.01. The van der Waals surface area contributed by atoms with Gasteiger partial charge in [0.25, 0.3) is 0 Å². The number of benzene rings is 3. The van der Waals surface area contributed by atoms with Crippen molar-refractivity contribution in [1.29, 1.82) is 5.41 Å². The first-order chi connectivity index (χ1) is 18.2. The Kier molecular flexibility index (Phi) is 5.84. The molecule has 186 valence electrons. The van der Waals surface area contributed by atoms with Crippen LogP contribution in [0, 0.1) is 5.41 Å². The highest BCUT2D eigenvalue weighted by atomic mass is 16.5. The summed E-state index contributed by atoms with van der Waals surface area (Å²) in [5, 5.41) is 11.3. The Morgan fingerprint density at radius 2 is 1.84 bits per heavy atom. The Morgan fingerprint density at radius 3 is 2.65 bits per heavy atom. The molecule has 1 unspecified atom stereocenters. The summed E-state index contributed by atoms with van der Waals surface area (Å²) in [6.07, 6.45) is 8.07. The van der Waals surface area contributed by atoms with E-state index in [1.165, 1.54) is 0 Å². The highest BCUT2D eigenvalue weighted by molar-refractivity contribution is 5.91. The fourth-order valence-electron chi connectivity index (χ4n) is 5.09. The molecule has 0 radical (unpaired) electrons. The van der Waals surface area contributed by atoms with Crippen molar-refractivity contribution in [3.05, 3.63) is 102 Å². The first-order valence-corrected chi connectivity index (χ1v) is 12.2. The normalized spacial score (nSPS) is 14.1. The van der Waals surface area contributed by atoms with Crippen molar-refractivity contribution in [1.82, 2.24) is 19.1 Å². The Bertz CT molecular complexity index is 1640. The predicted octanol–water partition coefficient (Wildman–Crippen LogP) is 5.11. The van der Waals surface area contributed by atoms with Crippen molar-refractivity contribution in [2.45, 2.75) is 25.4 Å². The molecule has 0 bridgehead atoms. The summed E-state index contributed by atoms with van der Waals surface area (Å²) in [7, 11) is 3.26. The van der Waals surface area contributed by atoms with E-state index in [0.717, 1.165) is 46.2 Å². The molecule has 8 nitrogen and oxygen atoms in total. The topological polar surface area (TPSA) is 87.2 Å². The summed E-state index contributed by atoms with van der Waals surface area (Å²) >= 11 is 0. The van der Waals surface area contributed by atoms with Gasteiger partial charge in [0.1, 0.15) is 17.6 Å². The molecule has 6 rings (SSSR count). The molecule has 0 saturated carbocycles. The zero-order valence-corrected chi connectivity index (χ0v) is 20.7. The zero-order valence-electron chi connectivity index (χ0n) is 20.7.